The highest BCUT2D eigenvalue weighted by Crippen LogP contribution is 2.28. The van der Waals surface area contributed by atoms with Crippen molar-refractivity contribution in [1.29, 1.82) is 0 Å². The van der Waals surface area contributed by atoms with Crippen molar-refractivity contribution in [1.82, 2.24) is 9.97 Å². The van der Waals surface area contributed by atoms with Crippen molar-refractivity contribution in [2.45, 2.75) is 32.6 Å². The molecule has 0 saturated carbocycles. The molecule has 2 N–H and O–H groups in total. The van der Waals surface area contributed by atoms with E-state index in [0.29, 0.717) is 5.95 Å². The zero-order valence-corrected chi connectivity index (χ0v) is 11.1. The maximum absolute atomic E-state index is 5.59. The van der Waals surface area contributed by atoms with Crippen molar-refractivity contribution in [3.8, 4) is 11.3 Å². The zero-order valence-electron chi connectivity index (χ0n) is 11.1. The minimum Gasteiger partial charge on any atom is -0.368 e. The van der Waals surface area contributed by atoms with Crippen molar-refractivity contribution in [3.63, 3.8) is 0 Å². The summed E-state index contributed by atoms with van der Waals surface area (Å²) in [6, 6.07) is 10.4. The van der Waals surface area contributed by atoms with Crippen LogP contribution in [0.25, 0.3) is 11.3 Å². The van der Waals surface area contributed by atoms with Gasteiger partial charge in [0.2, 0.25) is 5.95 Å². The Bertz CT molecular complexity index is 530. The van der Waals surface area contributed by atoms with Gasteiger partial charge in [0.15, 0.2) is 0 Å². The Labute approximate surface area is 108 Å². The van der Waals surface area contributed by atoms with Crippen molar-refractivity contribution in [2.24, 2.45) is 0 Å². The predicted molar refractivity (Wildman–Crippen MR) is 75.2 cm³/mol. The number of nitrogens with two attached hydrogens (primary N) is 1. The molecular weight excluding hydrogens is 222 g/mol. The van der Waals surface area contributed by atoms with E-state index in [9.17, 15) is 0 Å². The molecule has 0 spiro atoms. The van der Waals surface area contributed by atoms with E-state index >= 15 is 0 Å². The minimum atomic E-state index is 0.212. The molecule has 1 aromatic carbocycles. The summed E-state index contributed by atoms with van der Waals surface area (Å²) in [4.78, 5) is 8.12. The average molecular weight is 241 g/mol. The largest absolute Gasteiger partial charge is 0.368 e. The third-order valence-corrected chi connectivity index (χ3v) is 3.52. The van der Waals surface area contributed by atoms with Crippen LogP contribution in [0.15, 0.2) is 36.5 Å². The van der Waals surface area contributed by atoms with Crippen LogP contribution < -0.4 is 5.73 Å². The lowest BCUT2D eigenvalue weighted by Gasteiger charge is -2.23. The number of anilines is 1. The van der Waals surface area contributed by atoms with Gasteiger partial charge in [-0.2, -0.15) is 0 Å². The smallest absolute Gasteiger partial charge is 0.220 e. The Morgan fingerprint density at radius 3 is 2.33 bits per heavy atom. The van der Waals surface area contributed by atoms with Gasteiger partial charge in [-0.25, -0.2) is 9.97 Å². The molecular formula is C15H19N3. The molecule has 3 heteroatoms. The van der Waals surface area contributed by atoms with E-state index in [4.69, 9.17) is 5.73 Å². The molecule has 0 bridgehead atoms. The van der Waals surface area contributed by atoms with Crippen LogP contribution in [0.3, 0.4) is 0 Å². The molecule has 94 valence electrons. The summed E-state index contributed by atoms with van der Waals surface area (Å²) in [5, 5.41) is 0. The van der Waals surface area contributed by atoms with Crippen LogP contribution in [0.5, 0.6) is 0 Å². The zero-order chi connectivity index (χ0) is 13.2. The van der Waals surface area contributed by atoms with E-state index in [1.165, 1.54) is 5.56 Å². The van der Waals surface area contributed by atoms with Gasteiger partial charge in [-0.05, 0) is 23.5 Å². The van der Waals surface area contributed by atoms with Crippen molar-refractivity contribution >= 4 is 5.95 Å². The Hall–Kier alpha value is -1.90. The molecule has 0 aliphatic rings. The van der Waals surface area contributed by atoms with Crippen molar-refractivity contribution in [3.05, 3.63) is 42.1 Å². The first-order chi connectivity index (χ1) is 8.53. The van der Waals surface area contributed by atoms with E-state index in [1.54, 1.807) is 6.20 Å². The summed E-state index contributed by atoms with van der Waals surface area (Å²) in [5.41, 5.74) is 9.08. The highest BCUT2D eigenvalue weighted by Gasteiger charge is 2.17. The molecule has 0 radical (unpaired) electrons. The van der Waals surface area contributed by atoms with E-state index < -0.39 is 0 Å². The third kappa shape index (κ3) is 2.50. The summed E-state index contributed by atoms with van der Waals surface area (Å²) >= 11 is 0. The molecule has 2 rings (SSSR count). The summed E-state index contributed by atoms with van der Waals surface area (Å²) < 4.78 is 0. The number of aromatic nitrogens is 2. The molecule has 0 atom stereocenters. The van der Waals surface area contributed by atoms with Gasteiger partial charge >= 0.3 is 0 Å². The monoisotopic (exact) mass is 241 g/mol. The van der Waals surface area contributed by atoms with Gasteiger partial charge in [0, 0.05) is 11.8 Å². The Morgan fingerprint density at radius 1 is 1.11 bits per heavy atom. The third-order valence-electron chi connectivity index (χ3n) is 3.52. The van der Waals surface area contributed by atoms with Gasteiger partial charge in [-0.1, -0.05) is 45.0 Å². The highest BCUT2D eigenvalue weighted by molar-refractivity contribution is 5.60. The molecule has 0 fully saturated rings. The topological polar surface area (TPSA) is 51.8 Å². The fourth-order valence-corrected chi connectivity index (χ4v) is 1.83. The molecule has 0 aliphatic carbocycles. The summed E-state index contributed by atoms with van der Waals surface area (Å²) in [7, 11) is 0. The van der Waals surface area contributed by atoms with Crippen LogP contribution >= 0.6 is 0 Å². The first-order valence-corrected chi connectivity index (χ1v) is 6.22. The lowest BCUT2D eigenvalue weighted by molar-refractivity contribution is 0.506. The molecule has 0 amide bonds. The van der Waals surface area contributed by atoms with Gasteiger partial charge in [0.05, 0.1) is 5.69 Å². The van der Waals surface area contributed by atoms with Crippen LogP contribution in [-0.4, -0.2) is 9.97 Å². The minimum absolute atomic E-state index is 0.212. The number of rotatable bonds is 3. The van der Waals surface area contributed by atoms with Gasteiger partial charge in [0.1, 0.15) is 0 Å². The van der Waals surface area contributed by atoms with E-state index in [2.05, 4.69) is 55.0 Å². The van der Waals surface area contributed by atoms with Crippen LogP contribution in [-0.2, 0) is 5.41 Å². The van der Waals surface area contributed by atoms with Gasteiger partial charge in [-0.3, -0.25) is 0 Å². The number of hydrogen-bond acceptors (Lipinski definition) is 3. The van der Waals surface area contributed by atoms with Gasteiger partial charge < -0.3 is 5.73 Å². The first-order valence-electron chi connectivity index (χ1n) is 6.22. The number of benzene rings is 1. The van der Waals surface area contributed by atoms with Gasteiger partial charge in [-0.15, -0.1) is 0 Å². The fourth-order valence-electron chi connectivity index (χ4n) is 1.83. The number of nitrogens with zero attached hydrogens (tertiary/aromatic N) is 2. The van der Waals surface area contributed by atoms with Gasteiger partial charge in [0.25, 0.3) is 0 Å². The normalized spacial score (nSPS) is 11.5. The number of nitrogen functional groups attached to an aromatic ring is 1. The maximum Gasteiger partial charge on any atom is 0.220 e. The van der Waals surface area contributed by atoms with Crippen molar-refractivity contribution < 1.29 is 0 Å². The molecule has 0 unspecified atom stereocenters. The van der Waals surface area contributed by atoms with Crippen LogP contribution in [0.4, 0.5) is 5.95 Å². The first kappa shape index (κ1) is 12.6. The SMILES string of the molecule is CCC(C)(C)c1ccc(-c2ccnc(N)n2)cc1. The van der Waals surface area contributed by atoms with Crippen LogP contribution in [0, 0.1) is 0 Å². The second-order valence-corrected chi connectivity index (χ2v) is 5.11. The fraction of sp³-hybridized carbons (Fsp3) is 0.333. The molecule has 18 heavy (non-hydrogen) atoms. The molecule has 1 aromatic heterocycles. The molecule has 3 nitrogen and oxygen atoms in total. The van der Waals surface area contributed by atoms with Crippen molar-refractivity contribution in [2.75, 3.05) is 5.73 Å². The quantitative estimate of drug-likeness (QED) is 0.895. The molecule has 2 aromatic rings. The lowest BCUT2D eigenvalue weighted by atomic mass is 9.82. The molecule has 0 aliphatic heterocycles. The molecule has 0 saturated heterocycles. The summed E-state index contributed by atoms with van der Waals surface area (Å²) in [5.74, 6) is 0.311. The average Bonchev–Trinajstić information content (AvgIpc) is 2.39. The standard InChI is InChI=1S/C15H19N3/c1-4-15(2,3)12-7-5-11(6-8-12)13-9-10-17-14(16)18-13/h5-10H,4H2,1-3H3,(H2,16,17,18). The maximum atomic E-state index is 5.59. The number of hydrogen-bond donors (Lipinski definition) is 1. The second-order valence-electron chi connectivity index (χ2n) is 5.11. The van der Waals surface area contributed by atoms with Crippen LogP contribution in [0.2, 0.25) is 0 Å². The van der Waals surface area contributed by atoms with E-state index in [0.717, 1.165) is 17.7 Å². The summed E-state index contributed by atoms with van der Waals surface area (Å²) in [6.45, 7) is 6.72. The Morgan fingerprint density at radius 2 is 1.78 bits per heavy atom. The summed E-state index contributed by atoms with van der Waals surface area (Å²) in [6.07, 6.45) is 2.80. The highest BCUT2D eigenvalue weighted by atomic mass is 15.0. The second kappa shape index (κ2) is 4.77. The van der Waals surface area contributed by atoms with E-state index in [1.807, 2.05) is 6.07 Å². The van der Waals surface area contributed by atoms with Crippen LogP contribution in [0.1, 0.15) is 32.8 Å². The molecule has 1 heterocycles. The van der Waals surface area contributed by atoms with E-state index in [-0.39, 0.29) is 5.41 Å². The Balaban J connectivity index is 2.33. The predicted octanol–water partition coefficient (Wildman–Crippen LogP) is 3.41. The Kier molecular flexibility index (Phi) is 3.32. The lowest BCUT2D eigenvalue weighted by Crippen LogP contribution is -2.14.